The van der Waals surface area contributed by atoms with Gasteiger partial charge in [0.1, 0.15) is 5.82 Å². The number of nitro groups is 1. The lowest BCUT2D eigenvalue weighted by Crippen LogP contribution is -2.00. The first-order chi connectivity index (χ1) is 7.18. The second kappa shape index (κ2) is 3.61. The van der Waals surface area contributed by atoms with Crippen molar-refractivity contribution in [1.82, 2.24) is 4.98 Å². The van der Waals surface area contributed by atoms with Crippen LogP contribution in [-0.4, -0.2) is 9.91 Å². The van der Waals surface area contributed by atoms with Gasteiger partial charge in [-0.05, 0) is 24.3 Å². The van der Waals surface area contributed by atoms with Gasteiger partial charge < -0.3 is 0 Å². The zero-order valence-corrected chi connectivity index (χ0v) is 7.68. The van der Waals surface area contributed by atoms with Gasteiger partial charge in [0.05, 0.1) is 5.52 Å². The van der Waals surface area contributed by atoms with Crippen LogP contribution in [0.2, 0.25) is 0 Å². The Morgan fingerprint density at radius 3 is 2.93 bits per heavy atom. The molecule has 0 saturated carbocycles. The molecule has 2 aromatic rings. The van der Waals surface area contributed by atoms with Crippen molar-refractivity contribution >= 4 is 10.9 Å². The lowest BCUT2D eigenvalue weighted by Gasteiger charge is -2.02. The first-order valence-electron chi connectivity index (χ1n) is 4.32. The van der Waals surface area contributed by atoms with Gasteiger partial charge in [0.25, 0.3) is 0 Å². The number of aromatic nitrogens is 1. The highest BCUT2D eigenvalue weighted by atomic mass is 19.1. The molecule has 76 valence electrons. The predicted molar refractivity (Wildman–Crippen MR) is 52.4 cm³/mol. The molecule has 0 amide bonds. The van der Waals surface area contributed by atoms with Crippen molar-refractivity contribution in [3.05, 3.63) is 52.0 Å². The van der Waals surface area contributed by atoms with Gasteiger partial charge in [-0.25, -0.2) is 4.39 Å². The van der Waals surface area contributed by atoms with Crippen molar-refractivity contribution < 1.29 is 9.31 Å². The largest absolute Gasteiger partial charge is 0.264 e. The Hall–Kier alpha value is -2.04. The van der Waals surface area contributed by atoms with Crippen LogP contribution in [0.25, 0.3) is 10.9 Å². The molecule has 4 nitrogen and oxygen atoms in total. The summed E-state index contributed by atoms with van der Waals surface area (Å²) in [5.74, 6) is -0.412. The summed E-state index contributed by atoms with van der Waals surface area (Å²) in [6.45, 7) is -0.339. The van der Waals surface area contributed by atoms with E-state index >= 15 is 0 Å². The fraction of sp³-hybridized carbons (Fsp3) is 0.100. The molecule has 2 rings (SSSR count). The van der Waals surface area contributed by atoms with E-state index in [2.05, 4.69) is 4.98 Å². The van der Waals surface area contributed by atoms with Crippen LogP contribution in [0.4, 0.5) is 4.39 Å². The molecule has 0 N–H and O–H groups in total. The van der Waals surface area contributed by atoms with E-state index in [0.29, 0.717) is 16.5 Å². The van der Waals surface area contributed by atoms with Gasteiger partial charge in [0.2, 0.25) is 6.54 Å². The lowest BCUT2D eigenvalue weighted by molar-refractivity contribution is -0.496. The van der Waals surface area contributed by atoms with Crippen LogP contribution in [0.3, 0.4) is 0 Å². The van der Waals surface area contributed by atoms with Crippen LogP contribution in [0.1, 0.15) is 5.56 Å². The van der Waals surface area contributed by atoms with E-state index in [-0.39, 0.29) is 6.54 Å². The smallest absolute Gasteiger partial charge is 0.231 e. The first-order valence-corrected chi connectivity index (χ1v) is 4.32. The summed E-state index contributed by atoms with van der Waals surface area (Å²) in [6.07, 6.45) is 1.49. The summed E-state index contributed by atoms with van der Waals surface area (Å²) in [5, 5.41) is 10.7. The molecule has 0 aliphatic rings. The second-order valence-corrected chi connectivity index (χ2v) is 3.10. The van der Waals surface area contributed by atoms with E-state index in [1.807, 2.05) is 0 Å². The average molecular weight is 206 g/mol. The number of hydrogen-bond acceptors (Lipinski definition) is 3. The molecule has 1 aromatic carbocycles. The maximum absolute atomic E-state index is 13.3. The van der Waals surface area contributed by atoms with E-state index in [0.717, 1.165) is 0 Å². The summed E-state index contributed by atoms with van der Waals surface area (Å²) in [6, 6.07) is 5.78. The molecule has 0 unspecified atom stereocenters. The van der Waals surface area contributed by atoms with Crippen LogP contribution in [0, 0.1) is 15.9 Å². The fourth-order valence-electron chi connectivity index (χ4n) is 1.46. The molecule has 0 atom stereocenters. The molecule has 0 radical (unpaired) electrons. The second-order valence-electron chi connectivity index (χ2n) is 3.10. The number of hydrogen-bond donors (Lipinski definition) is 0. The number of halogens is 1. The van der Waals surface area contributed by atoms with E-state index in [1.54, 1.807) is 12.1 Å². The standard InChI is InChI=1S/C10H7FN2O2/c11-9-4-3-7(6-13(14)15)10-8(9)2-1-5-12-10/h1-5H,6H2. The molecule has 0 saturated heterocycles. The summed E-state index contributed by atoms with van der Waals surface area (Å²) < 4.78 is 13.3. The minimum absolute atomic E-state index is 0.317. The highest BCUT2D eigenvalue weighted by Gasteiger charge is 2.10. The predicted octanol–water partition coefficient (Wildman–Crippen LogP) is 2.15. The Morgan fingerprint density at radius 2 is 2.20 bits per heavy atom. The molecule has 0 spiro atoms. The summed E-state index contributed by atoms with van der Waals surface area (Å²) >= 11 is 0. The Balaban J connectivity index is 2.66. The van der Waals surface area contributed by atoms with E-state index in [9.17, 15) is 14.5 Å². The van der Waals surface area contributed by atoms with Crippen LogP contribution < -0.4 is 0 Å². The zero-order valence-electron chi connectivity index (χ0n) is 7.68. The minimum atomic E-state index is -0.457. The maximum atomic E-state index is 13.3. The van der Waals surface area contributed by atoms with Gasteiger partial charge in [0.15, 0.2) is 0 Å². The maximum Gasteiger partial charge on any atom is 0.231 e. The molecular formula is C10H7FN2O2. The third kappa shape index (κ3) is 1.76. The Morgan fingerprint density at radius 1 is 1.40 bits per heavy atom. The highest BCUT2D eigenvalue weighted by molar-refractivity contribution is 5.82. The van der Waals surface area contributed by atoms with Crippen molar-refractivity contribution in [1.29, 1.82) is 0 Å². The molecule has 1 heterocycles. The molecule has 0 aliphatic carbocycles. The van der Waals surface area contributed by atoms with Crippen LogP contribution in [-0.2, 0) is 6.54 Å². The SMILES string of the molecule is O=[N+]([O-])Cc1ccc(F)c2cccnc12. The number of pyridine rings is 1. The van der Waals surface area contributed by atoms with Crippen molar-refractivity contribution in [3.63, 3.8) is 0 Å². The molecule has 0 aliphatic heterocycles. The molecule has 0 bridgehead atoms. The minimum Gasteiger partial charge on any atom is -0.264 e. The van der Waals surface area contributed by atoms with Crippen LogP contribution in [0.5, 0.6) is 0 Å². The van der Waals surface area contributed by atoms with E-state index in [4.69, 9.17) is 0 Å². The van der Waals surface area contributed by atoms with Crippen molar-refractivity contribution in [2.45, 2.75) is 6.54 Å². The highest BCUT2D eigenvalue weighted by Crippen LogP contribution is 2.19. The van der Waals surface area contributed by atoms with Gasteiger partial charge in [-0.15, -0.1) is 0 Å². The van der Waals surface area contributed by atoms with Crippen LogP contribution in [0.15, 0.2) is 30.5 Å². The lowest BCUT2D eigenvalue weighted by atomic mass is 10.1. The molecule has 5 heteroatoms. The van der Waals surface area contributed by atoms with Gasteiger partial charge in [-0.2, -0.15) is 0 Å². The normalized spacial score (nSPS) is 10.5. The Labute approximate surface area is 84.5 Å². The Kier molecular flexibility index (Phi) is 2.29. The number of benzene rings is 1. The summed E-state index contributed by atoms with van der Waals surface area (Å²) in [5.41, 5.74) is 0.784. The van der Waals surface area contributed by atoms with Gasteiger partial charge in [-0.1, -0.05) is 0 Å². The number of rotatable bonds is 2. The van der Waals surface area contributed by atoms with Gasteiger partial charge in [0, 0.05) is 22.1 Å². The fourth-order valence-corrected chi connectivity index (χ4v) is 1.46. The van der Waals surface area contributed by atoms with E-state index < -0.39 is 10.7 Å². The quantitative estimate of drug-likeness (QED) is 0.558. The topological polar surface area (TPSA) is 56.0 Å². The third-order valence-electron chi connectivity index (χ3n) is 2.10. The van der Waals surface area contributed by atoms with Crippen LogP contribution >= 0.6 is 0 Å². The average Bonchev–Trinajstić information content (AvgIpc) is 2.22. The van der Waals surface area contributed by atoms with Gasteiger partial charge >= 0.3 is 0 Å². The first kappa shape index (κ1) is 9.51. The van der Waals surface area contributed by atoms with Crippen molar-refractivity contribution in [2.75, 3.05) is 0 Å². The summed E-state index contributed by atoms with van der Waals surface area (Å²) in [7, 11) is 0. The van der Waals surface area contributed by atoms with E-state index in [1.165, 1.54) is 18.3 Å². The molecule has 15 heavy (non-hydrogen) atoms. The molecule has 0 fully saturated rings. The zero-order chi connectivity index (χ0) is 10.8. The van der Waals surface area contributed by atoms with Crippen molar-refractivity contribution in [2.24, 2.45) is 0 Å². The molecular weight excluding hydrogens is 199 g/mol. The third-order valence-corrected chi connectivity index (χ3v) is 2.10. The monoisotopic (exact) mass is 206 g/mol. The van der Waals surface area contributed by atoms with Crippen molar-refractivity contribution in [3.8, 4) is 0 Å². The molecule has 1 aromatic heterocycles. The number of fused-ring (bicyclic) bond motifs is 1. The number of nitrogens with zero attached hydrogens (tertiary/aromatic N) is 2. The van der Waals surface area contributed by atoms with Gasteiger partial charge in [-0.3, -0.25) is 15.1 Å². The Bertz CT molecular complexity index is 528. The summed E-state index contributed by atoms with van der Waals surface area (Å²) in [4.78, 5) is 13.9.